The average molecular weight is 241 g/mol. The molecule has 0 bridgehead atoms. The zero-order valence-corrected chi connectivity index (χ0v) is 12.1. The fourth-order valence-electron chi connectivity index (χ4n) is 2.86. The molecule has 0 aromatic heterocycles. The van der Waals surface area contributed by atoms with Crippen molar-refractivity contribution in [2.24, 2.45) is 0 Å². The van der Waals surface area contributed by atoms with Crippen molar-refractivity contribution in [3.63, 3.8) is 0 Å². The average Bonchev–Trinajstić information content (AvgIpc) is 2.41. The summed E-state index contributed by atoms with van der Waals surface area (Å²) in [4.78, 5) is 2.39. The van der Waals surface area contributed by atoms with Gasteiger partial charge >= 0.3 is 0 Å². The number of allylic oxidation sites excluding steroid dienone is 3. The third-order valence-corrected chi connectivity index (χ3v) is 4.29. The SMILES string of the molecule is CCC1=C(C)N(C)C(C)C(C)=C1c1ccccc1. The molecule has 2 rings (SSSR count). The van der Waals surface area contributed by atoms with Crippen LogP contribution in [-0.2, 0) is 0 Å². The van der Waals surface area contributed by atoms with Crippen LogP contribution in [0.1, 0.15) is 39.7 Å². The van der Waals surface area contributed by atoms with Gasteiger partial charge in [-0.3, -0.25) is 0 Å². The predicted molar refractivity (Wildman–Crippen MR) is 79.3 cm³/mol. The van der Waals surface area contributed by atoms with Gasteiger partial charge in [0, 0.05) is 18.8 Å². The van der Waals surface area contributed by atoms with Gasteiger partial charge < -0.3 is 4.90 Å². The van der Waals surface area contributed by atoms with Gasteiger partial charge in [-0.25, -0.2) is 0 Å². The Balaban J connectivity index is 2.62. The van der Waals surface area contributed by atoms with Gasteiger partial charge in [-0.05, 0) is 49.5 Å². The molecule has 1 atom stereocenters. The highest BCUT2D eigenvalue weighted by molar-refractivity contribution is 5.83. The van der Waals surface area contributed by atoms with Crippen molar-refractivity contribution in [2.75, 3.05) is 7.05 Å². The van der Waals surface area contributed by atoms with Crippen molar-refractivity contribution < 1.29 is 0 Å². The third-order valence-electron chi connectivity index (χ3n) is 4.29. The summed E-state index contributed by atoms with van der Waals surface area (Å²) < 4.78 is 0. The summed E-state index contributed by atoms with van der Waals surface area (Å²) in [6, 6.07) is 11.3. The van der Waals surface area contributed by atoms with Crippen LogP contribution in [0.5, 0.6) is 0 Å². The smallest absolute Gasteiger partial charge is 0.0474 e. The summed E-state index contributed by atoms with van der Waals surface area (Å²) in [5, 5.41) is 0. The van der Waals surface area contributed by atoms with Crippen molar-refractivity contribution in [3.05, 3.63) is 52.7 Å². The Morgan fingerprint density at radius 2 is 1.72 bits per heavy atom. The van der Waals surface area contributed by atoms with E-state index in [1.165, 1.54) is 28.0 Å². The van der Waals surface area contributed by atoms with Crippen LogP contribution < -0.4 is 0 Å². The van der Waals surface area contributed by atoms with E-state index in [-0.39, 0.29) is 0 Å². The maximum absolute atomic E-state index is 2.39. The largest absolute Gasteiger partial charge is 0.371 e. The first-order valence-electron chi connectivity index (χ1n) is 6.77. The molecule has 0 saturated heterocycles. The quantitative estimate of drug-likeness (QED) is 0.738. The lowest BCUT2D eigenvalue weighted by atomic mass is 9.85. The van der Waals surface area contributed by atoms with Crippen LogP contribution in [0.15, 0.2) is 47.2 Å². The summed E-state index contributed by atoms with van der Waals surface area (Å²) in [7, 11) is 2.20. The Hall–Kier alpha value is -1.50. The fraction of sp³-hybridized carbons (Fsp3) is 0.412. The standard InChI is InChI=1S/C17H23N/c1-6-16-14(4)18(5)13(3)12(2)17(16)15-10-8-7-9-11-15/h7-11,13H,6H2,1-5H3. The van der Waals surface area contributed by atoms with Crippen LogP contribution in [0.4, 0.5) is 0 Å². The Labute approximate surface area is 111 Å². The number of likely N-dealkylation sites (N-methyl/N-ethyl adjacent to an activating group) is 1. The molecule has 1 aromatic rings. The Kier molecular flexibility index (Phi) is 3.60. The molecule has 18 heavy (non-hydrogen) atoms. The highest BCUT2D eigenvalue weighted by Gasteiger charge is 2.25. The topological polar surface area (TPSA) is 3.24 Å². The molecule has 0 N–H and O–H groups in total. The fourth-order valence-corrected chi connectivity index (χ4v) is 2.86. The first-order chi connectivity index (χ1) is 8.57. The van der Waals surface area contributed by atoms with Crippen LogP contribution in [-0.4, -0.2) is 18.0 Å². The van der Waals surface area contributed by atoms with Crippen LogP contribution in [0.2, 0.25) is 0 Å². The lowest BCUT2D eigenvalue weighted by Gasteiger charge is -2.37. The summed E-state index contributed by atoms with van der Waals surface area (Å²) >= 11 is 0. The highest BCUT2D eigenvalue weighted by atomic mass is 15.1. The lowest BCUT2D eigenvalue weighted by molar-refractivity contribution is 0.351. The minimum absolute atomic E-state index is 0.482. The van der Waals surface area contributed by atoms with Gasteiger partial charge in [0.2, 0.25) is 0 Å². The van der Waals surface area contributed by atoms with E-state index < -0.39 is 0 Å². The Morgan fingerprint density at radius 3 is 2.28 bits per heavy atom. The second-order valence-electron chi connectivity index (χ2n) is 5.13. The zero-order chi connectivity index (χ0) is 13.3. The van der Waals surface area contributed by atoms with Gasteiger partial charge in [0.05, 0.1) is 0 Å². The minimum atomic E-state index is 0.482. The first kappa shape index (κ1) is 12.9. The van der Waals surface area contributed by atoms with E-state index in [1.54, 1.807) is 0 Å². The van der Waals surface area contributed by atoms with Crippen LogP contribution >= 0.6 is 0 Å². The molecular formula is C17H23N. The van der Waals surface area contributed by atoms with Crippen LogP contribution in [0.25, 0.3) is 5.57 Å². The predicted octanol–water partition coefficient (Wildman–Crippen LogP) is 4.48. The number of benzene rings is 1. The maximum Gasteiger partial charge on any atom is 0.0474 e. The van der Waals surface area contributed by atoms with E-state index in [1.807, 2.05) is 0 Å². The van der Waals surface area contributed by atoms with Crippen LogP contribution in [0.3, 0.4) is 0 Å². The van der Waals surface area contributed by atoms with Gasteiger partial charge in [0.15, 0.2) is 0 Å². The summed E-state index contributed by atoms with van der Waals surface area (Å²) in [5.41, 5.74) is 7.19. The molecule has 0 spiro atoms. The molecule has 1 heteroatoms. The number of hydrogen-bond donors (Lipinski definition) is 0. The third kappa shape index (κ3) is 1.98. The van der Waals surface area contributed by atoms with E-state index >= 15 is 0 Å². The summed E-state index contributed by atoms with van der Waals surface area (Å²) in [6.07, 6.45) is 1.09. The summed E-state index contributed by atoms with van der Waals surface area (Å²) in [5.74, 6) is 0. The molecule has 1 unspecified atom stereocenters. The molecule has 0 aliphatic carbocycles. The molecular weight excluding hydrogens is 218 g/mol. The molecule has 0 fully saturated rings. The first-order valence-corrected chi connectivity index (χ1v) is 6.77. The van der Waals surface area contributed by atoms with Gasteiger partial charge in [0.25, 0.3) is 0 Å². The monoisotopic (exact) mass is 241 g/mol. The molecule has 1 heterocycles. The number of rotatable bonds is 2. The van der Waals surface area contributed by atoms with Crippen molar-refractivity contribution in [2.45, 2.75) is 40.2 Å². The van der Waals surface area contributed by atoms with Gasteiger partial charge in [-0.2, -0.15) is 0 Å². The molecule has 0 saturated carbocycles. The van der Waals surface area contributed by atoms with E-state index in [0.29, 0.717) is 6.04 Å². The second-order valence-corrected chi connectivity index (χ2v) is 5.13. The van der Waals surface area contributed by atoms with Gasteiger partial charge in [0.1, 0.15) is 0 Å². The van der Waals surface area contributed by atoms with E-state index in [9.17, 15) is 0 Å². The molecule has 1 aliphatic heterocycles. The van der Waals surface area contributed by atoms with E-state index in [2.05, 4.69) is 70.0 Å². The second kappa shape index (κ2) is 5.01. The highest BCUT2D eigenvalue weighted by Crippen LogP contribution is 2.38. The zero-order valence-electron chi connectivity index (χ0n) is 12.1. The normalized spacial score (nSPS) is 20.7. The lowest BCUT2D eigenvalue weighted by Crippen LogP contribution is -2.33. The molecule has 0 radical (unpaired) electrons. The maximum atomic E-state index is 2.39. The van der Waals surface area contributed by atoms with Crippen molar-refractivity contribution in [3.8, 4) is 0 Å². The van der Waals surface area contributed by atoms with Gasteiger partial charge in [-0.15, -0.1) is 0 Å². The minimum Gasteiger partial charge on any atom is -0.371 e. The molecule has 1 aliphatic rings. The van der Waals surface area contributed by atoms with E-state index in [4.69, 9.17) is 0 Å². The molecule has 96 valence electrons. The molecule has 1 aromatic carbocycles. The molecule has 0 amide bonds. The Bertz CT molecular complexity index is 494. The van der Waals surface area contributed by atoms with Gasteiger partial charge in [-0.1, -0.05) is 37.3 Å². The molecule has 1 nitrogen and oxygen atoms in total. The number of nitrogens with zero attached hydrogens (tertiary/aromatic N) is 1. The van der Waals surface area contributed by atoms with E-state index in [0.717, 1.165) is 6.42 Å². The van der Waals surface area contributed by atoms with Crippen molar-refractivity contribution >= 4 is 5.57 Å². The van der Waals surface area contributed by atoms with Crippen molar-refractivity contribution in [1.82, 2.24) is 4.90 Å². The van der Waals surface area contributed by atoms with Crippen molar-refractivity contribution in [1.29, 1.82) is 0 Å². The van der Waals surface area contributed by atoms with Crippen LogP contribution in [0, 0.1) is 0 Å². The number of hydrogen-bond acceptors (Lipinski definition) is 1. The Morgan fingerprint density at radius 1 is 1.11 bits per heavy atom. The summed E-state index contributed by atoms with van der Waals surface area (Å²) in [6.45, 7) is 9.05.